The topological polar surface area (TPSA) is 129 Å². The van der Waals surface area contributed by atoms with Crippen LogP contribution in [-0.4, -0.2) is 71.4 Å². The largest absolute Gasteiger partial charge is 0.463 e. The predicted molar refractivity (Wildman–Crippen MR) is 83.3 cm³/mol. The molecule has 0 aromatic heterocycles. The van der Waals surface area contributed by atoms with Crippen LogP contribution in [0, 0.1) is 5.92 Å². The number of hydrogen-bond donors (Lipinski definition) is 2. The quantitative estimate of drug-likeness (QED) is 0.477. The minimum Gasteiger partial charge on any atom is -0.463 e. The molecule has 9 nitrogen and oxygen atoms in total. The number of esters is 3. The van der Waals surface area contributed by atoms with Crippen LogP contribution in [0.5, 0.6) is 0 Å². The van der Waals surface area contributed by atoms with Crippen molar-refractivity contribution in [3.63, 3.8) is 0 Å². The predicted octanol–water partition coefficient (Wildman–Crippen LogP) is -0.442. The van der Waals surface area contributed by atoms with Crippen molar-refractivity contribution in [1.82, 2.24) is 0 Å². The first-order valence-corrected chi connectivity index (χ1v) is 8.04. The van der Waals surface area contributed by atoms with E-state index < -0.39 is 54.5 Å². The van der Waals surface area contributed by atoms with Gasteiger partial charge in [0, 0.05) is 20.8 Å². The summed E-state index contributed by atoms with van der Waals surface area (Å²) in [5.74, 6) is -2.24. The number of carbonyl (C=O) groups excluding carboxylic acids is 3. The van der Waals surface area contributed by atoms with E-state index in [4.69, 9.17) is 18.9 Å². The van der Waals surface area contributed by atoms with E-state index in [2.05, 4.69) is 0 Å². The fourth-order valence-electron chi connectivity index (χ4n) is 2.61. The Kier molecular flexibility index (Phi) is 7.78. The molecular formula is C16H26O9. The molecular weight excluding hydrogens is 336 g/mol. The number of ether oxygens (including phenoxy) is 4. The Bertz CT molecular complexity index is 490. The van der Waals surface area contributed by atoms with Gasteiger partial charge in [-0.3, -0.25) is 14.4 Å². The summed E-state index contributed by atoms with van der Waals surface area (Å²) in [7, 11) is 0. The van der Waals surface area contributed by atoms with Crippen LogP contribution in [0.3, 0.4) is 0 Å². The first-order chi connectivity index (χ1) is 11.5. The molecule has 0 amide bonds. The molecule has 0 saturated carbocycles. The van der Waals surface area contributed by atoms with Crippen LogP contribution in [0.25, 0.3) is 0 Å². The summed E-state index contributed by atoms with van der Waals surface area (Å²) in [5, 5.41) is 20.8. The van der Waals surface area contributed by atoms with E-state index in [1.165, 1.54) is 6.92 Å². The number of carbonyl (C=O) groups is 3. The third kappa shape index (κ3) is 5.94. The zero-order valence-corrected chi connectivity index (χ0v) is 15.0. The van der Waals surface area contributed by atoms with Crippen molar-refractivity contribution in [3.05, 3.63) is 0 Å². The Morgan fingerprint density at radius 3 is 1.96 bits per heavy atom. The summed E-state index contributed by atoms with van der Waals surface area (Å²) in [6.45, 7) is 6.64. The Hall–Kier alpha value is -1.71. The first-order valence-electron chi connectivity index (χ1n) is 8.04. The Morgan fingerprint density at radius 1 is 1.00 bits per heavy atom. The van der Waals surface area contributed by atoms with E-state index in [0.29, 0.717) is 0 Å². The molecule has 25 heavy (non-hydrogen) atoms. The van der Waals surface area contributed by atoms with Gasteiger partial charge in [-0.15, -0.1) is 0 Å². The minimum atomic E-state index is -1.43. The van der Waals surface area contributed by atoms with E-state index in [9.17, 15) is 24.6 Å². The summed E-state index contributed by atoms with van der Waals surface area (Å²) >= 11 is 0. The van der Waals surface area contributed by atoms with Gasteiger partial charge >= 0.3 is 17.9 Å². The second-order valence-electron chi connectivity index (χ2n) is 6.32. The standard InChI is InChI=1S/C16H26O9/c1-7(2)12(20)15-13(21)16(24-10(5)19)14(23-9(4)18)11(25-15)6-22-8(3)17/h7,11-16,20-21H,6H2,1-5H3/t11-,12?,13+,14+,15-,16-/m1/s1. The van der Waals surface area contributed by atoms with E-state index >= 15 is 0 Å². The zero-order valence-electron chi connectivity index (χ0n) is 15.0. The van der Waals surface area contributed by atoms with Gasteiger partial charge in [-0.05, 0) is 5.92 Å². The molecule has 0 bridgehead atoms. The van der Waals surface area contributed by atoms with Crippen LogP contribution < -0.4 is 0 Å². The molecule has 0 aromatic rings. The van der Waals surface area contributed by atoms with E-state index in [1.54, 1.807) is 13.8 Å². The Morgan fingerprint density at radius 2 is 1.52 bits per heavy atom. The summed E-state index contributed by atoms with van der Waals surface area (Å²) in [5.41, 5.74) is 0. The van der Waals surface area contributed by atoms with Crippen LogP contribution in [0.1, 0.15) is 34.6 Å². The summed E-state index contributed by atoms with van der Waals surface area (Å²) in [4.78, 5) is 33.9. The van der Waals surface area contributed by atoms with Gasteiger partial charge in [-0.1, -0.05) is 13.8 Å². The summed E-state index contributed by atoms with van der Waals surface area (Å²) < 4.78 is 20.8. The Balaban J connectivity index is 3.15. The highest BCUT2D eigenvalue weighted by atomic mass is 16.6. The van der Waals surface area contributed by atoms with Crippen molar-refractivity contribution in [3.8, 4) is 0 Å². The fraction of sp³-hybridized carbons (Fsp3) is 0.812. The molecule has 9 heteroatoms. The highest BCUT2D eigenvalue weighted by Crippen LogP contribution is 2.30. The van der Waals surface area contributed by atoms with Gasteiger partial charge in [0.2, 0.25) is 0 Å². The highest BCUT2D eigenvalue weighted by Gasteiger charge is 2.51. The van der Waals surface area contributed by atoms with Crippen molar-refractivity contribution in [2.24, 2.45) is 5.92 Å². The van der Waals surface area contributed by atoms with E-state index in [0.717, 1.165) is 13.8 Å². The molecule has 144 valence electrons. The number of hydrogen-bond acceptors (Lipinski definition) is 9. The second kappa shape index (κ2) is 9.12. The van der Waals surface area contributed by atoms with Crippen molar-refractivity contribution in [2.45, 2.75) is 71.2 Å². The fourth-order valence-corrected chi connectivity index (χ4v) is 2.61. The lowest BCUT2D eigenvalue weighted by atomic mass is 9.88. The van der Waals surface area contributed by atoms with E-state index in [-0.39, 0.29) is 12.5 Å². The van der Waals surface area contributed by atoms with Crippen LogP contribution in [0.2, 0.25) is 0 Å². The van der Waals surface area contributed by atoms with Crippen molar-refractivity contribution < 1.29 is 43.5 Å². The van der Waals surface area contributed by atoms with Gasteiger partial charge < -0.3 is 29.2 Å². The van der Waals surface area contributed by atoms with Crippen molar-refractivity contribution >= 4 is 17.9 Å². The van der Waals surface area contributed by atoms with Gasteiger partial charge in [0.05, 0.1) is 6.10 Å². The van der Waals surface area contributed by atoms with Crippen LogP contribution in [0.15, 0.2) is 0 Å². The van der Waals surface area contributed by atoms with Crippen LogP contribution >= 0.6 is 0 Å². The second-order valence-corrected chi connectivity index (χ2v) is 6.32. The van der Waals surface area contributed by atoms with Gasteiger partial charge in [0.25, 0.3) is 0 Å². The molecule has 6 atom stereocenters. The average molecular weight is 362 g/mol. The van der Waals surface area contributed by atoms with Gasteiger partial charge in [-0.2, -0.15) is 0 Å². The molecule has 0 aliphatic carbocycles. The van der Waals surface area contributed by atoms with Gasteiger partial charge in [-0.25, -0.2) is 0 Å². The average Bonchev–Trinajstić information content (AvgIpc) is 2.48. The SMILES string of the molecule is CC(=O)OC[C@H]1O[C@H](C(O)C(C)C)[C@H](O)[C@@H](OC(C)=O)[C@H]1OC(C)=O. The van der Waals surface area contributed by atoms with Crippen LogP contribution in [0.4, 0.5) is 0 Å². The lowest BCUT2D eigenvalue weighted by Gasteiger charge is -2.45. The lowest BCUT2D eigenvalue weighted by molar-refractivity contribution is -0.264. The molecule has 0 spiro atoms. The first kappa shape index (κ1) is 21.3. The molecule has 1 fully saturated rings. The smallest absolute Gasteiger partial charge is 0.303 e. The molecule has 1 aliphatic heterocycles. The molecule has 1 aliphatic rings. The summed E-state index contributed by atoms with van der Waals surface area (Å²) in [6, 6.07) is 0. The van der Waals surface area contributed by atoms with Gasteiger partial charge in [0.1, 0.15) is 24.9 Å². The van der Waals surface area contributed by atoms with Gasteiger partial charge in [0.15, 0.2) is 12.2 Å². The molecule has 1 unspecified atom stereocenters. The molecule has 1 rings (SSSR count). The molecule has 2 N–H and O–H groups in total. The number of aliphatic hydroxyl groups excluding tert-OH is 2. The van der Waals surface area contributed by atoms with Crippen LogP contribution in [-0.2, 0) is 33.3 Å². The molecule has 1 heterocycles. The minimum absolute atomic E-state index is 0.266. The normalized spacial score (nSPS) is 30.5. The zero-order chi connectivity index (χ0) is 19.3. The van der Waals surface area contributed by atoms with Crippen molar-refractivity contribution in [1.29, 1.82) is 0 Å². The lowest BCUT2D eigenvalue weighted by Crippen LogP contribution is -2.64. The highest BCUT2D eigenvalue weighted by molar-refractivity contribution is 5.67. The number of aliphatic hydroxyl groups is 2. The molecule has 0 aromatic carbocycles. The Labute approximate surface area is 146 Å². The molecule has 0 radical (unpaired) electrons. The monoisotopic (exact) mass is 362 g/mol. The number of rotatable bonds is 6. The maximum Gasteiger partial charge on any atom is 0.303 e. The maximum absolute atomic E-state index is 11.4. The molecule has 1 saturated heterocycles. The van der Waals surface area contributed by atoms with Crippen molar-refractivity contribution in [2.75, 3.05) is 6.61 Å². The van der Waals surface area contributed by atoms with E-state index in [1.807, 2.05) is 0 Å². The third-order valence-corrected chi connectivity index (χ3v) is 3.77. The third-order valence-electron chi connectivity index (χ3n) is 3.77. The summed E-state index contributed by atoms with van der Waals surface area (Å²) in [6.07, 6.45) is -7.10. The maximum atomic E-state index is 11.4.